The lowest BCUT2D eigenvalue weighted by Crippen LogP contribution is -2.43. The maximum atomic E-state index is 11.5. The van der Waals surface area contributed by atoms with Crippen molar-refractivity contribution in [1.29, 1.82) is 0 Å². The average Bonchev–Trinajstić information content (AvgIpc) is 2.66. The topological polar surface area (TPSA) is 108 Å². The molecular weight excluding hydrogens is 302 g/mol. The van der Waals surface area contributed by atoms with E-state index in [9.17, 15) is 14.4 Å². The van der Waals surface area contributed by atoms with Crippen LogP contribution in [0.2, 0.25) is 0 Å². The van der Waals surface area contributed by atoms with Gasteiger partial charge in [0.1, 0.15) is 4.88 Å². The van der Waals surface area contributed by atoms with Gasteiger partial charge < -0.3 is 10.4 Å². The van der Waals surface area contributed by atoms with Gasteiger partial charge in [-0.05, 0) is 20.8 Å². The largest absolute Gasteiger partial charge is 0.477 e. The molecule has 20 heavy (non-hydrogen) atoms. The number of carboxylic acid groups (broad SMARTS) is 1. The van der Waals surface area contributed by atoms with E-state index in [-0.39, 0.29) is 16.7 Å². The molecule has 3 amide bonds. The van der Waals surface area contributed by atoms with Crippen LogP contribution in [0.3, 0.4) is 0 Å². The summed E-state index contributed by atoms with van der Waals surface area (Å²) in [5.74, 6) is -1.50. The molecule has 0 aromatic carbocycles. The Morgan fingerprint density at radius 1 is 1.40 bits per heavy atom. The average molecular weight is 317 g/mol. The van der Waals surface area contributed by atoms with Crippen molar-refractivity contribution in [3.8, 4) is 0 Å². The SMILES string of the molecule is Cc1nc(SCC(=O)NC(=O)NC(C)C)sc1C(=O)O. The van der Waals surface area contributed by atoms with Crippen LogP contribution in [0.25, 0.3) is 0 Å². The number of aryl methyl sites for hydroxylation is 1. The van der Waals surface area contributed by atoms with Crippen LogP contribution >= 0.6 is 23.1 Å². The van der Waals surface area contributed by atoms with Gasteiger partial charge in [-0.2, -0.15) is 0 Å². The van der Waals surface area contributed by atoms with Crippen molar-refractivity contribution < 1.29 is 19.5 Å². The Hall–Kier alpha value is -1.61. The highest BCUT2D eigenvalue weighted by atomic mass is 32.2. The molecule has 7 nitrogen and oxygen atoms in total. The lowest BCUT2D eigenvalue weighted by atomic mass is 10.4. The predicted octanol–water partition coefficient (Wildman–Crippen LogP) is 1.48. The molecule has 0 bridgehead atoms. The maximum Gasteiger partial charge on any atom is 0.347 e. The zero-order chi connectivity index (χ0) is 15.3. The normalized spacial score (nSPS) is 10.4. The number of nitrogens with zero attached hydrogens (tertiary/aromatic N) is 1. The fraction of sp³-hybridized carbons (Fsp3) is 0.455. The van der Waals surface area contributed by atoms with E-state index >= 15 is 0 Å². The van der Waals surface area contributed by atoms with Crippen LogP contribution in [-0.4, -0.2) is 39.8 Å². The summed E-state index contributed by atoms with van der Waals surface area (Å²) in [5.41, 5.74) is 0.419. The molecule has 0 radical (unpaired) electrons. The second-order valence-corrected chi connectivity index (χ2v) is 6.39. The molecule has 0 spiro atoms. The van der Waals surface area contributed by atoms with E-state index in [0.717, 1.165) is 23.1 Å². The Kier molecular flexibility index (Phi) is 5.96. The second-order valence-electron chi connectivity index (χ2n) is 4.16. The minimum Gasteiger partial charge on any atom is -0.477 e. The number of carbonyl (C=O) groups excluding carboxylic acids is 2. The van der Waals surface area contributed by atoms with E-state index < -0.39 is 17.9 Å². The van der Waals surface area contributed by atoms with Crippen LogP contribution in [0.15, 0.2) is 4.34 Å². The van der Waals surface area contributed by atoms with Crippen molar-refractivity contribution in [3.63, 3.8) is 0 Å². The molecule has 0 saturated heterocycles. The predicted molar refractivity (Wildman–Crippen MR) is 76.3 cm³/mol. The number of urea groups is 1. The van der Waals surface area contributed by atoms with E-state index in [4.69, 9.17) is 5.11 Å². The summed E-state index contributed by atoms with van der Waals surface area (Å²) in [7, 11) is 0. The number of thiazole rings is 1. The van der Waals surface area contributed by atoms with E-state index in [0.29, 0.717) is 10.0 Å². The number of thioether (sulfide) groups is 1. The minimum absolute atomic E-state index is 0.00245. The Morgan fingerprint density at radius 3 is 2.55 bits per heavy atom. The Balaban J connectivity index is 2.47. The highest BCUT2D eigenvalue weighted by Gasteiger charge is 2.15. The van der Waals surface area contributed by atoms with Gasteiger partial charge in [-0.3, -0.25) is 10.1 Å². The number of carboxylic acids is 1. The molecule has 1 aromatic heterocycles. The van der Waals surface area contributed by atoms with E-state index in [1.54, 1.807) is 20.8 Å². The van der Waals surface area contributed by atoms with Crippen LogP contribution in [0, 0.1) is 6.92 Å². The summed E-state index contributed by atoms with van der Waals surface area (Å²) in [4.78, 5) is 37.8. The molecule has 0 aliphatic rings. The number of aromatic carboxylic acids is 1. The van der Waals surface area contributed by atoms with Gasteiger partial charge in [0.15, 0.2) is 4.34 Å². The van der Waals surface area contributed by atoms with E-state index in [2.05, 4.69) is 15.6 Å². The van der Waals surface area contributed by atoms with Gasteiger partial charge in [0.2, 0.25) is 5.91 Å². The number of hydrogen-bond acceptors (Lipinski definition) is 6. The van der Waals surface area contributed by atoms with Gasteiger partial charge in [-0.25, -0.2) is 14.6 Å². The summed E-state index contributed by atoms with van der Waals surface area (Å²) in [6.45, 7) is 5.16. The van der Waals surface area contributed by atoms with Crippen LogP contribution in [0.5, 0.6) is 0 Å². The fourth-order valence-electron chi connectivity index (χ4n) is 1.22. The summed E-state index contributed by atoms with van der Waals surface area (Å²) in [5, 5.41) is 13.6. The summed E-state index contributed by atoms with van der Waals surface area (Å²) in [6, 6.07) is -0.609. The van der Waals surface area contributed by atoms with Gasteiger partial charge >= 0.3 is 12.0 Å². The second kappa shape index (κ2) is 7.25. The number of aromatic nitrogens is 1. The Labute approximate surface area is 124 Å². The first-order valence-corrected chi connectivity index (χ1v) is 7.53. The van der Waals surface area contributed by atoms with Crippen molar-refractivity contribution in [2.75, 3.05) is 5.75 Å². The molecule has 0 aliphatic heterocycles. The van der Waals surface area contributed by atoms with Gasteiger partial charge in [-0.1, -0.05) is 11.8 Å². The zero-order valence-electron chi connectivity index (χ0n) is 11.2. The third-order valence-electron chi connectivity index (χ3n) is 1.97. The maximum absolute atomic E-state index is 11.5. The van der Waals surface area contributed by atoms with Gasteiger partial charge in [-0.15, -0.1) is 11.3 Å². The number of amides is 3. The molecule has 0 atom stereocenters. The highest BCUT2D eigenvalue weighted by molar-refractivity contribution is 8.01. The van der Waals surface area contributed by atoms with Gasteiger partial charge in [0.05, 0.1) is 11.4 Å². The molecule has 110 valence electrons. The number of nitrogens with one attached hydrogen (secondary N) is 2. The van der Waals surface area contributed by atoms with E-state index in [1.165, 1.54) is 0 Å². The third-order valence-corrected chi connectivity index (χ3v) is 4.26. The third kappa shape index (κ3) is 5.17. The van der Waals surface area contributed by atoms with Crippen molar-refractivity contribution in [2.45, 2.75) is 31.2 Å². The number of imide groups is 1. The molecular formula is C11H15N3O4S2. The fourth-order valence-corrected chi connectivity index (χ4v) is 3.05. The molecule has 3 N–H and O–H groups in total. The quantitative estimate of drug-likeness (QED) is 0.710. The first kappa shape index (κ1) is 16.4. The summed E-state index contributed by atoms with van der Waals surface area (Å²) >= 11 is 2.10. The first-order valence-electron chi connectivity index (χ1n) is 5.73. The van der Waals surface area contributed by atoms with Gasteiger partial charge in [0, 0.05) is 6.04 Å². The summed E-state index contributed by atoms with van der Waals surface area (Å²) < 4.78 is 0.485. The molecule has 1 rings (SSSR count). The lowest BCUT2D eigenvalue weighted by molar-refractivity contribution is -0.117. The van der Waals surface area contributed by atoms with Crippen molar-refractivity contribution in [2.24, 2.45) is 0 Å². The number of hydrogen-bond donors (Lipinski definition) is 3. The van der Waals surface area contributed by atoms with Gasteiger partial charge in [0.25, 0.3) is 0 Å². The van der Waals surface area contributed by atoms with Crippen molar-refractivity contribution in [3.05, 3.63) is 10.6 Å². The first-order chi connectivity index (χ1) is 9.29. The molecule has 1 aromatic rings. The molecule has 0 fully saturated rings. The smallest absolute Gasteiger partial charge is 0.347 e. The highest BCUT2D eigenvalue weighted by Crippen LogP contribution is 2.26. The summed E-state index contributed by atoms with van der Waals surface area (Å²) in [6.07, 6.45) is 0. The minimum atomic E-state index is -1.03. The molecule has 0 saturated carbocycles. The Morgan fingerprint density at radius 2 is 2.05 bits per heavy atom. The molecule has 1 heterocycles. The van der Waals surface area contributed by atoms with Crippen LogP contribution < -0.4 is 10.6 Å². The van der Waals surface area contributed by atoms with Crippen molar-refractivity contribution >= 4 is 41.0 Å². The zero-order valence-corrected chi connectivity index (χ0v) is 12.9. The Bertz CT molecular complexity index is 528. The monoisotopic (exact) mass is 317 g/mol. The molecule has 0 aliphatic carbocycles. The number of carbonyl (C=O) groups is 3. The lowest BCUT2D eigenvalue weighted by Gasteiger charge is -2.08. The molecule has 9 heteroatoms. The van der Waals surface area contributed by atoms with Crippen molar-refractivity contribution in [1.82, 2.24) is 15.6 Å². The van der Waals surface area contributed by atoms with E-state index in [1.807, 2.05) is 0 Å². The van der Waals surface area contributed by atoms with Crippen LogP contribution in [0.1, 0.15) is 29.2 Å². The van der Waals surface area contributed by atoms with Crippen LogP contribution in [0.4, 0.5) is 4.79 Å². The van der Waals surface area contributed by atoms with Crippen LogP contribution in [-0.2, 0) is 4.79 Å². The molecule has 0 unspecified atom stereocenters. The number of rotatable bonds is 5. The standard InChI is InChI=1S/C11H15N3O4S2/c1-5(2)12-10(18)14-7(15)4-19-11-13-6(3)8(20-11)9(16)17/h5H,4H2,1-3H3,(H,16,17)(H2,12,14,15,18).